The molecule has 2 saturated carbocycles. The number of anilines is 1. The first-order valence-corrected chi connectivity index (χ1v) is 8.95. The highest BCUT2D eigenvalue weighted by Crippen LogP contribution is 2.64. The lowest BCUT2D eigenvalue weighted by Crippen LogP contribution is -2.38. The minimum absolute atomic E-state index is 0.158. The number of hydrogen-bond donors (Lipinski definition) is 3. The van der Waals surface area contributed by atoms with Gasteiger partial charge in [-0.2, -0.15) is 0 Å². The first-order chi connectivity index (χ1) is 11.5. The lowest BCUT2D eigenvalue weighted by molar-refractivity contribution is 0.0373. The zero-order chi connectivity index (χ0) is 17.3. The second-order valence-corrected chi connectivity index (χ2v) is 7.58. The highest BCUT2D eigenvalue weighted by molar-refractivity contribution is 5.47. The molecule has 5 heteroatoms. The molecule has 0 bridgehead atoms. The van der Waals surface area contributed by atoms with Crippen molar-refractivity contribution in [3.05, 3.63) is 29.8 Å². The Morgan fingerprint density at radius 3 is 2.71 bits per heavy atom. The van der Waals surface area contributed by atoms with Crippen molar-refractivity contribution >= 4 is 5.69 Å². The summed E-state index contributed by atoms with van der Waals surface area (Å²) in [5, 5.41) is 22.2. The van der Waals surface area contributed by atoms with Gasteiger partial charge in [0, 0.05) is 31.0 Å². The van der Waals surface area contributed by atoms with E-state index < -0.39 is 11.6 Å². The number of halogens is 2. The predicted molar refractivity (Wildman–Crippen MR) is 89.6 cm³/mol. The number of aliphatic hydroxyl groups is 2. The van der Waals surface area contributed by atoms with Crippen molar-refractivity contribution in [1.29, 1.82) is 0 Å². The fourth-order valence-corrected chi connectivity index (χ4v) is 4.86. The Bertz CT molecular complexity index is 582. The number of nitrogens with one attached hydrogen (secondary N) is 1. The Hall–Kier alpha value is -1.20. The minimum atomic E-state index is -0.830. The molecular weight excluding hydrogens is 312 g/mol. The van der Waals surface area contributed by atoms with Crippen LogP contribution >= 0.6 is 0 Å². The standard InChI is InChI=1S/C19H27F2NO2/c1-12-13(11-24)6-7-19(15(12)3-2-8-23)10-18(19)22-14-4-5-16(20)17(21)9-14/h4-5,9,12-13,15,18,22-24H,2-3,6-8,10-11H2,1H3. The van der Waals surface area contributed by atoms with Gasteiger partial charge in [0.1, 0.15) is 0 Å². The van der Waals surface area contributed by atoms with Crippen LogP contribution in [0.15, 0.2) is 18.2 Å². The summed E-state index contributed by atoms with van der Waals surface area (Å²) in [5.74, 6) is -0.484. The summed E-state index contributed by atoms with van der Waals surface area (Å²) in [6.07, 6.45) is 4.78. The molecule has 0 aromatic heterocycles. The number of aliphatic hydroxyl groups excluding tert-OH is 2. The van der Waals surface area contributed by atoms with E-state index in [1.165, 1.54) is 6.07 Å². The van der Waals surface area contributed by atoms with Crippen LogP contribution in [0.3, 0.4) is 0 Å². The van der Waals surface area contributed by atoms with E-state index in [1.54, 1.807) is 6.07 Å². The van der Waals surface area contributed by atoms with Crippen LogP contribution in [0.25, 0.3) is 0 Å². The van der Waals surface area contributed by atoms with Crippen molar-refractivity contribution in [2.24, 2.45) is 23.2 Å². The van der Waals surface area contributed by atoms with E-state index in [1.807, 2.05) is 0 Å². The van der Waals surface area contributed by atoms with Gasteiger partial charge in [0.2, 0.25) is 0 Å². The lowest BCUT2D eigenvalue weighted by Gasteiger charge is -2.42. The van der Waals surface area contributed by atoms with Crippen LogP contribution in [0.1, 0.15) is 39.0 Å². The monoisotopic (exact) mass is 339 g/mol. The van der Waals surface area contributed by atoms with Crippen LogP contribution in [0, 0.1) is 34.8 Å². The van der Waals surface area contributed by atoms with Crippen LogP contribution in [-0.4, -0.2) is 29.5 Å². The first kappa shape index (κ1) is 17.6. The van der Waals surface area contributed by atoms with Crippen LogP contribution in [-0.2, 0) is 0 Å². The Morgan fingerprint density at radius 1 is 1.25 bits per heavy atom. The summed E-state index contributed by atoms with van der Waals surface area (Å²) < 4.78 is 26.5. The maximum Gasteiger partial charge on any atom is 0.160 e. The SMILES string of the molecule is CC1C(CO)CCC2(CC2Nc2ccc(F)c(F)c2)C1CCCO. The fraction of sp³-hybridized carbons (Fsp3) is 0.684. The first-order valence-electron chi connectivity index (χ1n) is 8.95. The summed E-state index contributed by atoms with van der Waals surface area (Å²) in [5.41, 5.74) is 0.777. The Labute approximate surface area is 142 Å². The average Bonchev–Trinajstić information content (AvgIpc) is 3.24. The summed E-state index contributed by atoms with van der Waals surface area (Å²) in [4.78, 5) is 0. The molecule has 1 aromatic rings. The summed E-state index contributed by atoms with van der Waals surface area (Å²) in [6, 6.07) is 4.21. The fourth-order valence-electron chi connectivity index (χ4n) is 4.86. The van der Waals surface area contributed by atoms with E-state index in [2.05, 4.69) is 12.2 Å². The second kappa shape index (κ2) is 6.96. The van der Waals surface area contributed by atoms with Crippen molar-refractivity contribution in [2.75, 3.05) is 18.5 Å². The molecule has 2 fully saturated rings. The molecule has 24 heavy (non-hydrogen) atoms. The van der Waals surface area contributed by atoms with Gasteiger partial charge in [0.25, 0.3) is 0 Å². The molecule has 0 saturated heterocycles. The van der Waals surface area contributed by atoms with Crippen LogP contribution in [0.5, 0.6) is 0 Å². The molecule has 3 rings (SSSR count). The van der Waals surface area contributed by atoms with E-state index in [0.717, 1.165) is 38.2 Å². The molecule has 0 heterocycles. The summed E-state index contributed by atoms with van der Waals surface area (Å²) >= 11 is 0. The predicted octanol–water partition coefficient (Wildman–Crippen LogP) is 3.56. The van der Waals surface area contributed by atoms with Crippen LogP contribution < -0.4 is 5.32 Å². The number of rotatable bonds is 6. The molecular formula is C19H27F2NO2. The normalized spacial score (nSPS) is 35.2. The molecule has 3 nitrogen and oxygen atoms in total. The van der Waals surface area contributed by atoms with Gasteiger partial charge in [-0.3, -0.25) is 0 Å². The van der Waals surface area contributed by atoms with E-state index in [4.69, 9.17) is 0 Å². The van der Waals surface area contributed by atoms with Crippen LogP contribution in [0.2, 0.25) is 0 Å². The molecule has 5 atom stereocenters. The topological polar surface area (TPSA) is 52.5 Å². The van der Waals surface area contributed by atoms with Crippen molar-refractivity contribution in [2.45, 2.75) is 45.1 Å². The second-order valence-electron chi connectivity index (χ2n) is 7.58. The molecule has 2 aliphatic carbocycles. The molecule has 2 aliphatic rings. The zero-order valence-electron chi connectivity index (χ0n) is 14.1. The smallest absolute Gasteiger partial charge is 0.160 e. The van der Waals surface area contributed by atoms with Gasteiger partial charge in [-0.1, -0.05) is 6.92 Å². The molecule has 1 aromatic carbocycles. The molecule has 0 amide bonds. The number of benzene rings is 1. The van der Waals surface area contributed by atoms with Crippen molar-refractivity contribution in [1.82, 2.24) is 0 Å². The van der Waals surface area contributed by atoms with Crippen LogP contribution in [0.4, 0.5) is 14.5 Å². The maximum absolute atomic E-state index is 13.4. The highest BCUT2D eigenvalue weighted by atomic mass is 19.2. The van der Waals surface area contributed by atoms with Gasteiger partial charge < -0.3 is 15.5 Å². The van der Waals surface area contributed by atoms with Crippen molar-refractivity contribution in [3.8, 4) is 0 Å². The highest BCUT2D eigenvalue weighted by Gasteiger charge is 2.61. The third-order valence-corrected chi connectivity index (χ3v) is 6.38. The Morgan fingerprint density at radius 2 is 2.04 bits per heavy atom. The molecule has 134 valence electrons. The molecule has 0 aliphatic heterocycles. The average molecular weight is 339 g/mol. The van der Waals surface area contributed by atoms with Gasteiger partial charge in [0.15, 0.2) is 11.6 Å². The molecule has 5 unspecified atom stereocenters. The van der Waals surface area contributed by atoms with Gasteiger partial charge in [-0.05, 0) is 67.4 Å². The van der Waals surface area contributed by atoms with E-state index in [0.29, 0.717) is 23.4 Å². The summed E-state index contributed by atoms with van der Waals surface area (Å²) in [7, 11) is 0. The van der Waals surface area contributed by atoms with E-state index in [-0.39, 0.29) is 24.7 Å². The third-order valence-electron chi connectivity index (χ3n) is 6.38. The van der Waals surface area contributed by atoms with Gasteiger partial charge >= 0.3 is 0 Å². The minimum Gasteiger partial charge on any atom is -0.396 e. The molecule has 1 spiro atoms. The number of hydrogen-bond acceptors (Lipinski definition) is 3. The van der Waals surface area contributed by atoms with Crippen molar-refractivity contribution < 1.29 is 19.0 Å². The zero-order valence-corrected chi connectivity index (χ0v) is 14.1. The van der Waals surface area contributed by atoms with E-state index >= 15 is 0 Å². The van der Waals surface area contributed by atoms with Gasteiger partial charge in [-0.15, -0.1) is 0 Å². The molecule has 3 N–H and O–H groups in total. The molecule has 0 radical (unpaired) electrons. The largest absolute Gasteiger partial charge is 0.396 e. The quantitative estimate of drug-likeness (QED) is 0.743. The van der Waals surface area contributed by atoms with Crippen molar-refractivity contribution in [3.63, 3.8) is 0 Å². The Balaban J connectivity index is 1.73. The van der Waals surface area contributed by atoms with Gasteiger partial charge in [0.05, 0.1) is 0 Å². The van der Waals surface area contributed by atoms with Gasteiger partial charge in [-0.25, -0.2) is 8.78 Å². The third kappa shape index (κ3) is 3.16. The Kier molecular flexibility index (Phi) is 5.11. The summed E-state index contributed by atoms with van der Waals surface area (Å²) in [6.45, 7) is 2.61. The van der Waals surface area contributed by atoms with E-state index in [9.17, 15) is 19.0 Å². The lowest BCUT2D eigenvalue weighted by atomic mass is 9.63. The maximum atomic E-state index is 13.4.